The minimum atomic E-state index is -1.05. The maximum atomic E-state index is 13.7. The van der Waals surface area contributed by atoms with E-state index < -0.39 is 5.60 Å². The molecular weight excluding hydrogens is 239 g/mol. The van der Waals surface area contributed by atoms with Crippen molar-refractivity contribution < 1.29 is 9.50 Å². The van der Waals surface area contributed by atoms with E-state index in [9.17, 15) is 9.50 Å². The fourth-order valence-corrected chi connectivity index (χ4v) is 2.89. The van der Waals surface area contributed by atoms with Gasteiger partial charge in [-0.25, -0.2) is 4.39 Å². The lowest BCUT2D eigenvalue weighted by molar-refractivity contribution is 0.0825. The van der Waals surface area contributed by atoms with Gasteiger partial charge in [0.05, 0.1) is 0 Å². The summed E-state index contributed by atoms with van der Waals surface area (Å²) in [4.78, 5) is 0. The Kier molecular flexibility index (Phi) is 2.72. The standard InChI is InChI=1S/C17H17FO/c1-11-3-5-13-7-8-17(19,15(13)9-11)14-6-4-12(2)16(18)10-14/h3-6,9-10,19H,7-8H2,1-2H3. The Labute approximate surface area is 112 Å². The van der Waals surface area contributed by atoms with Crippen LogP contribution in [0, 0.1) is 19.7 Å². The molecule has 1 unspecified atom stereocenters. The van der Waals surface area contributed by atoms with Gasteiger partial charge in [0.1, 0.15) is 11.4 Å². The number of hydrogen-bond acceptors (Lipinski definition) is 1. The van der Waals surface area contributed by atoms with Crippen molar-refractivity contribution in [1.29, 1.82) is 0 Å². The molecule has 2 aromatic carbocycles. The van der Waals surface area contributed by atoms with Crippen LogP contribution >= 0.6 is 0 Å². The first kappa shape index (κ1) is 12.4. The highest BCUT2D eigenvalue weighted by atomic mass is 19.1. The van der Waals surface area contributed by atoms with Crippen LogP contribution in [-0.4, -0.2) is 5.11 Å². The SMILES string of the molecule is Cc1ccc2c(c1)C(O)(c1ccc(C)c(F)c1)CC2. The number of fused-ring (bicyclic) bond motifs is 1. The smallest absolute Gasteiger partial charge is 0.126 e. The second-order valence-electron chi connectivity index (χ2n) is 5.48. The van der Waals surface area contributed by atoms with Gasteiger partial charge in [-0.3, -0.25) is 0 Å². The molecule has 1 nitrogen and oxygen atoms in total. The number of benzene rings is 2. The van der Waals surface area contributed by atoms with Crippen molar-refractivity contribution in [1.82, 2.24) is 0 Å². The van der Waals surface area contributed by atoms with Gasteiger partial charge in [0.2, 0.25) is 0 Å². The monoisotopic (exact) mass is 256 g/mol. The Morgan fingerprint density at radius 3 is 2.63 bits per heavy atom. The van der Waals surface area contributed by atoms with E-state index in [2.05, 4.69) is 12.1 Å². The van der Waals surface area contributed by atoms with Gasteiger partial charge in [-0.15, -0.1) is 0 Å². The fraction of sp³-hybridized carbons (Fsp3) is 0.294. The average molecular weight is 256 g/mol. The highest BCUT2D eigenvalue weighted by Gasteiger charge is 2.38. The third-order valence-electron chi connectivity index (χ3n) is 4.12. The molecule has 0 bridgehead atoms. The predicted molar refractivity (Wildman–Crippen MR) is 73.6 cm³/mol. The van der Waals surface area contributed by atoms with Crippen LogP contribution in [0.25, 0.3) is 0 Å². The van der Waals surface area contributed by atoms with E-state index in [-0.39, 0.29) is 5.82 Å². The van der Waals surface area contributed by atoms with Crippen LogP contribution in [0.2, 0.25) is 0 Å². The van der Waals surface area contributed by atoms with E-state index in [0.29, 0.717) is 17.5 Å². The number of rotatable bonds is 1. The first-order valence-corrected chi connectivity index (χ1v) is 6.60. The average Bonchev–Trinajstić information content (AvgIpc) is 2.72. The van der Waals surface area contributed by atoms with Gasteiger partial charge < -0.3 is 5.11 Å². The van der Waals surface area contributed by atoms with Crippen molar-refractivity contribution >= 4 is 0 Å². The maximum Gasteiger partial charge on any atom is 0.126 e. The maximum absolute atomic E-state index is 13.7. The van der Waals surface area contributed by atoms with Crippen LogP contribution in [0.15, 0.2) is 36.4 Å². The molecule has 1 aliphatic carbocycles. The first-order chi connectivity index (χ1) is 9.00. The van der Waals surface area contributed by atoms with Gasteiger partial charge in [-0.1, -0.05) is 35.9 Å². The summed E-state index contributed by atoms with van der Waals surface area (Å²) < 4.78 is 13.7. The summed E-state index contributed by atoms with van der Waals surface area (Å²) in [5, 5.41) is 11.0. The van der Waals surface area contributed by atoms with Crippen molar-refractivity contribution in [3.8, 4) is 0 Å². The summed E-state index contributed by atoms with van der Waals surface area (Å²) >= 11 is 0. The van der Waals surface area contributed by atoms with Crippen LogP contribution < -0.4 is 0 Å². The predicted octanol–water partition coefficient (Wildman–Crippen LogP) is 3.62. The molecule has 0 fully saturated rings. The Hall–Kier alpha value is -1.67. The number of aliphatic hydroxyl groups is 1. The second-order valence-corrected chi connectivity index (χ2v) is 5.48. The number of aryl methyl sites for hydroxylation is 3. The molecule has 0 saturated heterocycles. The van der Waals surface area contributed by atoms with Crippen LogP contribution in [0.3, 0.4) is 0 Å². The third kappa shape index (κ3) is 1.87. The summed E-state index contributed by atoms with van der Waals surface area (Å²) in [6.45, 7) is 3.74. The van der Waals surface area contributed by atoms with E-state index in [1.165, 1.54) is 6.07 Å². The van der Waals surface area contributed by atoms with E-state index in [1.807, 2.05) is 19.1 Å². The highest BCUT2D eigenvalue weighted by Crippen LogP contribution is 2.42. The summed E-state index contributed by atoms with van der Waals surface area (Å²) in [6, 6.07) is 11.2. The van der Waals surface area contributed by atoms with Gasteiger partial charge in [0, 0.05) is 0 Å². The lowest BCUT2D eigenvalue weighted by atomic mass is 9.87. The molecule has 1 atom stereocenters. The van der Waals surface area contributed by atoms with E-state index in [1.54, 1.807) is 13.0 Å². The topological polar surface area (TPSA) is 20.2 Å². The Morgan fingerprint density at radius 2 is 1.89 bits per heavy atom. The Morgan fingerprint density at radius 1 is 1.11 bits per heavy atom. The van der Waals surface area contributed by atoms with Gasteiger partial charge in [0.25, 0.3) is 0 Å². The van der Waals surface area contributed by atoms with E-state index in [4.69, 9.17) is 0 Å². The molecule has 0 spiro atoms. The molecule has 0 saturated carbocycles. The molecular formula is C17H17FO. The van der Waals surface area contributed by atoms with Crippen LogP contribution in [0.4, 0.5) is 4.39 Å². The molecule has 1 aliphatic rings. The molecule has 0 amide bonds. The molecule has 0 radical (unpaired) electrons. The van der Waals surface area contributed by atoms with Crippen LogP contribution in [-0.2, 0) is 12.0 Å². The summed E-state index contributed by atoms with van der Waals surface area (Å²) in [7, 11) is 0. The molecule has 0 aromatic heterocycles. The van der Waals surface area contributed by atoms with Gasteiger partial charge in [-0.2, -0.15) is 0 Å². The van der Waals surface area contributed by atoms with E-state index in [0.717, 1.165) is 23.1 Å². The van der Waals surface area contributed by atoms with Gasteiger partial charge in [0.15, 0.2) is 0 Å². The highest BCUT2D eigenvalue weighted by molar-refractivity contribution is 5.47. The zero-order valence-electron chi connectivity index (χ0n) is 11.2. The molecule has 19 heavy (non-hydrogen) atoms. The quantitative estimate of drug-likeness (QED) is 0.826. The molecule has 98 valence electrons. The molecule has 2 heteroatoms. The molecule has 0 aliphatic heterocycles. The molecule has 1 N–H and O–H groups in total. The van der Waals surface area contributed by atoms with Crippen molar-refractivity contribution in [3.63, 3.8) is 0 Å². The van der Waals surface area contributed by atoms with Crippen molar-refractivity contribution in [2.45, 2.75) is 32.3 Å². The van der Waals surface area contributed by atoms with Crippen molar-refractivity contribution in [2.24, 2.45) is 0 Å². The molecule has 2 aromatic rings. The van der Waals surface area contributed by atoms with Gasteiger partial charge in [-0.05, 0) is 55.0 Å². The number of hydrogen-bond donors (Lipinski definition) is 1. The summed E-state index contributed by atoms with van der Waals surface area (Å²) in [6.07, 6.45) is 1.45. The number of halogens is 1. The zero-order chi connectivity index (χ0) is 13.6. The summed E-state index contributed by atoms with van der Waals surface area (Å²) in [5.74, 6) is -0.257. The van der Waals surface area contributed by atoms with Crippen molar-refractivity contribution in [3.05, 3.63) is 70.0 Å². The first-order valence-electron chi connectivity index (χ1n) is 6.60. The second kappa shape index (κ2) is 4.17. The zero-order valence-corrected chi connectivity index (χ0v) is 11.2. The normalized spacial score (nSPS) is 21.5. The van der Waals surface area contributed by atoms with Crippen molar-refractivity contribution in [2.75, 3.05) is 0 Å². The van der Waals surface area contributed by atoms with Gasteiger partial charge >= 0.3 is 0 Å². The fourth-order valence-electron chi connectivity index (χ4n) is 2.89. The minimum Gasteiger partial charge on any atom is -0.380 e. The van der Waals surface area contributed by atoms with Crippen LogP contribution in [0.5, 0.6) is 0 Å². The van der Waals surface area contributed by atoms with Crippen LogP contribution in [0.1, 0.15) is 34.2 Å². The lowest BCUT2D eigenvalue weighted by Crippen LogP contribution is -2.24. The molecule has 3 rings (SSSR count). The molecule has 0 heterocycles. The Bertz CT molecular complexity index is 648. The third-order valence-corrected chi connectivity index (χ3v) is 4.12. The Balaban J connectivity index is 2.15. The summed E-state index contributed by atoms with van der Waals surface area (Å²) in [5.41, 5.74) is 3.42. The lowest BCUT2D eigenvalue weighted by Gasteiger charge is -2.25. The largest absolute Gasteiger partial charge is 0.380 e. The minimum absolute atomic E-state index is 0.257. The van der Waals surface area contributed by atoms with E-state index >= 15 is 0 Å².